The molecule has 0 aromatic heterocycles. The fourth-order valence-corrected chi connectivity index (χ4v) is 5.43. The van der Waals surface area contributed by atoms with Gasteiger partial charge in [0.25, 0.3) is 5.91 Å². The van der Waals surface area contributed by atoms with Crippen molar-refractivity contribution in [2.45, 2.75) is 32.1 Å². The molecule has 1 heterocycles. The number of carbonyl (C=O) groups excluding carboxylic acids is 2. The average Bonchev–Trinajstić information content (AvgIpc) is 2.67. The predicted octanol–water partition coefficient (Wildman–Crippen LogP) is 3.81. The molecule has 2 aromatic carbocycles. The Balaban J connectivity index is 1.75. The molecule has 1 aliphatic rings. The van der Waals surface area contributed by atoms with Crippen molar-refractivity contribution in [1.29, 1.82) is 0 Å². The maximum Gasteiger partial charge on any atom is 0.255 e. The summed E-state index contributed by atoms with van der Waals surface area (Å²) in [5.41, 5.74) is 1.36. The summed E-state index contributed by atoms with van der Waals surface area (Å²) in [5, 5.41) is 2.74. The fourth-order valence-electron chi connectivity index (χ4n) is 3.75. The van der Waals surface area contributed by atoms with Gasteiger partial charge in [0, 0.05) is 29.9 Å². The van der Waals surface area contributed by atoms with Gasteiger partial charge in [-0.05, 0) is 61.6 Å². The minimum Gasteiger partial charge on any atom is -0.322 e. The normalized spacial score (nSPS) is 20.2. The Labute approximate surface area is 172 Å². The lowest BCUT2D eigenvalue weighted by Crippen LogP contribution is -2.42. The predicted molar refractivity (Wildman–Crippen MR) is 113 cm³/mol. The number of benzene rings is 2. The van der Waals surface area contributed by atoms with Crippen LogP contribution in [0.3, 0.4) is 0 Å². The van der Waals surface area contributed by atoms with Crippen LogP contribution >= 0.6 is 0 Å². The molecule has 1 fully saturated rings. The van der Waals surface area contributed by atoms with Crippen LogP contribution in [0.25, 0.3) is 0 Å². The van der Waals surface area contributed by atoms with Gasteiger partial charge in [0.2, 0.25) is 10.0 Å². The zero-order chi connectivity index (χ0) is 21.2. The molecule has 29 heavy (non-hydrogen) atoms. The summed E-state index contributed by atoms with van der Waals surface area (Å²) in [6.07, 6.45) is 1.02. The molecule has 7 heteroatoms. The number of ketones is 1. The lowest BCUT2D eigenvalue weighted by atomic mass is 9.94. The first-order chi connectivity index (χ1) is 13.7. The highest BCUT2D eigenvalue weighted by Crippen LogP contribution is 2.27. The maximum atomic E-state index is 12.9. The topological polar surface area (TPSA) is 83.5 Å². The number of nitrogens with one attached hydrogen (secondary N) is 1. The summed E-state index contributed by atoms with van der Waals surface area (Å²) < 4.78 is 27.4. The zero-order valence-corrected chi connectivity index (χ0v) is 17.7. The molecular weight excluding hydrogens is 388 g/mol. The summed E-state index contributed by atoms with van der Waals surface area (Å²) in [6.45, 7) is 6.62. The van der Waals surface area contributed by atoms with Crippen molar-refractivity contribution in [3.8, 4) is 0 Å². The van der Waals surface area contributed by atoms with Crippen LogP contribution in [-0.2, 0) is 10.0 Å². The second kappa shape index (κ2) is 8.47. The number of hydrogen-bond acceptors (Lipinski definition) is 4. The van der Waals surface area contributed by atoms with Crippen molar-refractivity contribution in [3.63, 3.8) is 0 Å². The Bertz CT molecular complexity index is 1010. The minimum absolute atomic E-state index is 0.0861. The van der Waals surface area contributed by atoms with Crippen LogP contribution in [0.15, 0.2) is 53.4 Å². The second-order valence-electron chi connectivity index (χ2n) is 7.88. The smallest absolute Gasteiger partial charge is 0.255 e. The third-order valence-corrected chi connectivity index (χ3v) is 6.96. The number of piperidine rings is 1. The lowest BCUT2D eigenvalue weighted by Gasteiger charge is -2.34. The molecule has 1 saturated heterocycles. The third kappa shape index (κ3) is 4.92. The molecule has 1 N–H and O–H groups in total. The van der Waals surface area contributed by atoms with E-state index in [0.29, 0.717) is 41.7 Å². The van der Waals surface area contributed by atoms with E-state index in [1.165, 1.54) is 35.5 Å². The number of Topliss-reactive ketones (excluding diaryl/α,β-unsaturated/α-hetero) is 1. The molecule has 0 spiro atoms. The first-order valence-corrected chi connectivity index (χ1v) is 11.1. The van der Waals surface area contributed by atoms with Crippen LogP contribution in [-0.4, -0.2) is 37.5 Å². The van der Waals surface area contributed by atoms with Crippen LogP contribution in [0.2, 0.25) is 0 Å². The largest absolute Gasteiger partial charge is 0.322 e. The van der Waals surface area contributed by atoms with E-state index in [9.17, 15) is 18.0 Å². The van der Waals surface area contributed by atoms with Crippen molar-refractivity contribution in [2.24, 2.45) is 11.8 Å². The Morgan fingerprint density at radius 3 is 2.17 bits per heavy atom. The molecular formula is C22H26N2O4S. The van der Waals surface area contributed by atoms with Crippen LogP contribution in [0.5, 0.6) is 0 Å². The Morgan fingerprint density at radius 2 is 1.59 bits per heavy atom. The molecule has 2 aromatic rings. The van der Waals surface area contributed by atoms with Crippen LogP contribution in [0.4, 0.5) is 5.69 Å². The molecule has 1 amide bonds. The Hall–Kier alpha value is -2.51. The first kappa shape index (κ1) is 21.2. The minimum atomic E-state index is -3.58. The Morgan fingerprint density at radius 1 is 0.966 bits per heavy atom. The van der Waals surface area contributed by atoms with Crippen LogP contribution in [0, 0.1) is 11.8 Å². The SMILES string of the molecule is CC(=O)c1cccc(NC(=O)c2ccc(S(=O)(=O)N3C[C@H](C)C[C@@H](C)C3)cc2)c1. The number of amides is 1. The van der Waals surface area contributed by atoms with Gasteiger partial charge in [-0.1, -0.05) is 26.0 Å². The van der Waals surface area contributed by atoms with Gasteiger partial charge in [-0.15, -0.1) is 0 Å². The molecule has 3 rings (SSSR count). The van der Waals surface area contributed by atoms with Gasteiger partial charge >= 0.3 is 0 Å². The van der Waals surface area contributed by atoms with E-state index in [1.54, 1.807) is 24.3 Å². The van der Waals surface area contributed by atoms with Gasteiger partial charge in [0.15, 0.2) is 5.78 Å². The number of anilines is 1. The molecule has 0 saturated carbocycles. The van der Waals surface area contributed by atoms with Crippen molar-refractivity contribution >= 4 is 27.4 Å². The van der Waals surface area contributed by atoms with Crippen LogP contribution in [0.1, 0.15) is 47.9 Å². The highest BCUT2D eigenvalue weighted by Gasteiger charge is 2.31. The summed E-state index contributed by atoms with van der Waals surface area (Å²) in [4.78, 5) is 24.2. The summed E-state index contributed by atoms with van der Waals surface area (Å²) in [5.74, 6) is 0.195. The summed E-state index contributed by atoms with van der Waals surface area (Å²) in [7, 11) is -3.58. The van der Waals surface area contributed by atoms with Gasteiger partial charge in [-0.3, -0.25) is 9.59 Å². The number of sulfonamides is 1. The number of rotatable bonds is 5. The van der Waals surface area contributed by atoms with Gasteiger partial charge in [0.1, 0.15) is 0 Å². The fraction of sp³-hybridized carbons (Fsp3) is 0.364. The van der Waals surface area contributed by atoms with Crippen molar-refractivity contribution in [2.75, 3.05) is 18.4 Å². The van der Waals surface area contributed by atoms with E-state index in [2.05, 4.69) is 19.2 Å². The van der Waals surface area contributed by atoms with Crippen molar-refractivity contribution in [1.82, 2.24) is 4.31 Å². The summed E-state index contributed by atoms with van der Waals surface area (Å²) in [6, 6.07) is 12.6. The lowest BCUT2D eigenvalue weighted by molar-refractivity contribution is 0.101. The molecule has 1 aliphatic heterocycles. The molecule has 6 nitrogen and oxygen atoms in total. The third-order valence-electron chi connectivity index (χ3n) is 5.12. The Kier molecular flexibility index (Phi) is 6.19. The zero-order valence-electron chi connectivity index (χ0n) is 16.9. The summed E-state index contributed by atoms with van der Waals surface area (Å²) >= 11 is 0. The quantitative estimate of drug-likeness (QED) is 0.754. The molecule has 154 valence electrons. The first-order valence-electron chi connectivity index (χ1n) is 9.69. The molecule has 0 aliphatic carbocycles. The van der Waals surface area contributed by atoms with Gasteiger partial charge in [-0.25, -0.2) is 8.42 Å². The van der Waals surface area contributed by atoms with Crippen molar-refractivity contribution < 1.29 is 18.0 Å². The van der Waals surface area contributed by atoms with E-state index >= 15 is 0 Å². The molecule has 0 radical (unpaired) electrons. The number of hydrogen-bond donors (Lipinski definition) is 1. The monoisotopic (exact) mass is 414 g/mol. The average molecular weight is 415 g/mol. The van der Waals surface area contributed by atoms with E-state index in [4.69, 9.17) is 0 Å². The number of carbonyl (C=O) groups is 2. The molecule has 2 atom stereocenters. The molecule has 0 bridgehead atoms. The highest BCUT2D eigenvalue weighted by atomic mass is 32.2. The van der Waals surface area contributed by atoms with E-state index in [-0.39, 0.29) is 16.6 Å². The van der Waals surface area contributed by atoms with Gasteiger partial charge in [-0.2, -0.15) is 4.31 Å². The van der Waals surface area contributed by atoms with Crippen molar-refractivity contribution in [3.05, 3.63) is 59.7 Å². The van der Waals surface area contributed by atoms with E-state index in [1.807, 2.05) is 0 Å². The van der Waals surface area contributed by atoms with E-state index in [0.717, 1.165) is 6.42 Å². The molecule has 0 unspecified atom stereocenters. The second-order valence-corrected chi connectivity index (χ2v) is 9.82. The van der Waals surface area contributed by atoms with Crippen LogP contribution < -0.4 is 5.32 Å². The number of nitrogens with zero attached hydrogens (tertiary/aromatic N) is 1. The van der Waals surface area contributed by atoms with Gasteiger partial charge in [0.05, 0.1) is 4.90 Å². The van der Waals surface area contributed by atoms with E-state index < -0.39 is 10.0 Å². The standard InChI is InChI=1S/C22H26N2O4S/c1-15-11-16(2)14-24(13-15)29(27,28)21-9-7-18(8-10-21)22(26)23-20-6-4-5-19(12-20)17(3)25/h4-10,12,15-16H,11,13-14H2,1-3H3,(H,23,26)/t15-,16-/m1/s1. The van der Waals surface area contributed by atoms with Gasteiger partial charge < -0.3 is 5.32 Å². The maximum absolute atomic E-state index is 12.9. The highest BCUT2D eigenvalue weighted by molar-refractivity contribution is 7.89.